The maximum absolute atomic E-state index is 14.4. The van der Waals surface area contributed by atoms with Crippen LogP contribution in [0.2, 0.25) is 0 Å². The third-order valence-electron chi connectivity index (χ3n) is 12.3. The molecule has 0 radical (unpaired) electrons. The van der Waals surface area contributed by atoms with Crippen LogP contribution in [0.25, 0.3) is 0 Å². The van der Waals surface area contributed by atoms with Crippen molar-refractivity contribution in [3.8, 4) is 0 Å². The Bertz CT molecular complexity index is 2590. The van der Waals surface area contributed by atoms with Crippen molar-refractivity contribution in [1.29, 1.82) is 0 Å². The lowest BCUT2D eigenvalue weighted by atomic mass is 9.84. The zero-order valence-electron chi connectivity index (χ0n) is 37.1. The minimum Gasteiger partial charge on any atom is -0.376 e. The first-order valence-corrected chi connectivity index (χ1v) is 25.2. The number of pyridine rings is 2. The minimum absolute atomic E-state index is 0.0270. The molecule has 2 aliphatic rings. The van der Waals surface area contributed by atoms with Crippen molar-refractivity contribution in [2.75, 3.05) is 22.1 Å². The van der Waals surface area contributed by atoms with Gasteiger partial charge in [-0.1, -0.05) is 57.2 Å². The number of alkyl halides is 6. The normalized spacial score (nSPS) is 19.0. The van der Waals surface area contributed by atoms with Crippen LogP contribution in [0.15, 0.2) is 95.2 Å². The molecule has 0 bridgehead atoms. The monoisotopic (exact) mass is 980 g/mol. The molecule has 5 atom stereocenters. The molecule has 0 aliphatic heterocycles. The fourth-order valence-electron chi connectivity index (χ4n) is 8.22. The van der Waals surface area contributed by atoms with E-state index < -0.39 is 79.4 Å². The highest BCUT2D eigenvalue weighted by Gasteiger charge is 2.56. The maximum Gasteiger partial charge on any atom is 0.421 e. The second-order valence-corrected chi connectivity index (χ2v) is 22.5. The molecular weight excluding hydrogens is 927 g/mol. The summed E-state index contributed by atoms with van der Waals surface area (Å²) in [6, 6.07) is 14.9. The van der Waals surface area contributed by atoms with E-state index in [4.69, 9.17) is 0 Å². The number of amides is 2. The van der Waals surface area contributed by atoms with Gasteiger partial charge in [-0.05, 0) is 133 Å². The molecular formula is C47H54F6N4O8S2. The number of aromatic nitrogens is 2. The Hall–Kier alpha value is -4.92. The topological polar surface area (TPSA) is 193 Å². The number of carbonyl (C=O) groups is 2. The van der Waals surface area contributed by atoms with E-state index in [0.717, 1.165) is 37.1 Å². The molecule has 0 spiro atoms. The standard InChI is InChI=1S/C47H54F6N4O8S2/c1-29(2)24-45(61,47(51,52)53)37-10-14-39(15-11-37)57-41(59)22-33-7-17-43(55-26-33)67(64,65)28-35-23-34(35)20-30(3)18-19-44(60,46(48,49)50)36-8-12-38(13-9-36)56-40(58)21-32-6-16-42(54-25-32)66(62,63)27-31-4-5-31/h6-17,25-26,29-31,34-35,60-61H,4-5,18-24,27-28H2,1-3H3,(H,56,58)(H,57,59). The summed E-state index contributed by atoms with van der Waals surface area (Å²) in [5.74, 6) is -2.21. The number of benzene rings is 2. The summed E-state index contributed by atoms with van der Waals surface area (Å²) >= 11 is 0. The van der Waals surface area contributed by atoms with E-state index in [1.165, 1.54) is 60.9 Å². The number of hydrogen-bond donors (Lipinski definition) is 4. The quantitative estimate of drug-likeness (QED) is 0.0589. The average molecular weight is 981 g/mol. The zero-order valence-corrected chi connectivity index (χ0v) is 38.7. The molecule has 2 amide bonds. The molecule has 2 aromatic carbocycles. The first-order chi connectivity index (χ1) is 31.2. The summed E-state index contributed by atoms with van der Waals surface area (Å²) in [4.78, 5) is 33.4. The summed E-state index contributed by atoms with van der Waals surface area (Å²) in [5, 5.41) is 26.4. The van der Waals surface area contributed by atoms with E-state index in [1.54, 1.807) is 20.8 Å². The van der Waals surface area contributed by atoms with Crippen molar-refractivity contribution in [3.63, 3.8) is 0 Å². The molecule has 2 fully saturated rings. The average Bonchev–Trinajstić information content (AvgIpc) is 4.18. The van der Waals surface area contributed by atoms with Gasteiger partial charge in [0.15, 0.2) is 40.9 Å². The molecule has 5 unspecified atom stereocenters. The van der Waals surface area contributed by atoms with Crippen molar-refractivity contribution in [2.45, 2.75) is 112 Å². The first-order valence-electron chi connectivity index (χ1n) is 21.9. The Kier molecular flexibility index (Phi) is 15.3. The third-order valence-corrected chi connectivity index (χ3v) is 15.8. The van der Waals surface area contributed by atoms with Gasteiger partial charge >= 0.3 is 12.4 Å². The van der Waals surface area contributed by atoms with Gasteiger partial charge in [-0.2, -0.15) is 26.3 Å². The predicted octanol–water partition coefficient (Wildman–Crippen LogP) is 8.49. The number of halogens is 6. The molecule has 12 nitrogen and oxygen atoms in total. The summed E-state index contributed by atoms with van der Waals surface area (Å²) in [6.07, 6.45) is -6.37. The van der Waals surface area contributed by atoms with Gasteiger partial charge in [-0.15, -0.1) is 0 Å². The number of aliphatic hydroxyl groups is 2. The molecule has 6 rings (SSSR count). The number of nitrogens with one attached hydrogen (secondary N) is 2. The van der Waals surface area contributed by atoms with E-state index in [9.17, 15) is 63.0 Å². The molecule has 2 heterocycles. The Labute approximate surface area is 385 Å². The SMILES string of the molecule is CC(C)CC(O)(c1ccc(NC(=O)Cc2ccc(S(=O)(=O)CC3CC3CC(C)CCC(O)(c3ccc(NC(=O)Cc4ccc(S(=O)(=O)CC5CC5)nc4)cc3)C(F)(F)F)nc2)cc1)C(F)(F)F. The van der Waals surface area contributed by atoms with Crippen LogP contribution < -0.4 is 10.6 Å². The fourth-order valence-corrected chi connectivity index (χ4v) is 11.5. The van der Waals surface area contributed by atoms with Crippen LogP contribution in [0, 0.1) is 29.6 Å². The van der Waals surface area contributed by atoms with E-state index in [-0.39, 0.29) is 81.4 Å². The van der Waals surface area contributed by atoms with Crippen molar-refractivity contribution in [3.05, 3.63) is 107 Å². The number of anilines is 2. The van der Waals surface area contributed by atoms with E-state index in [1.807, 2.05) is 0 Å². The van der Waals surface area contributed by atoms with Gasteiger partial charge in [-0.3, -0.25) is 9.59 Å². The second kappa shape index (κ2) is 20.0. The molecule has 0 saturated heterocycles. The predicted molar refractivity (Wildman–Crippen MR) is 237 cm³/mol. The number of hydrogen-bond acceptors (Lipinski definition) is 10. The second-order valence-electron chi connectivity index (χ2n) is 18.6. The van der Waals surface area contributed by atoms with Crippen molar-refractivity contribution < 1.29 is 63.0 Å². The van der Waals surface area contributed by atoms with Crippen molar-refractivity contribution in [1.82, 2.24) is 9.97 Å². The van der Waals surface area contributed by atoms with Gasteiger partial charge < -0.3 is 20.8 Å². The number of carbonyl (C=O) groups excluding carboxylic acids is 2. The van der Waals surface area contributed by atoms with Gasteiger partial charge in [0.2, 0.25) is 11.8 Å². The zero-order chi connectivity index (χ0) is 49.2. The number of rotatable bonds is 21. The molecule has 364 valence electrons. The highest BCUT2D eigenvalue weighted by molar-refractivity contribution is 7.91. The fraction of sp³-hybridized carbons (Fsp3) is 0.489. The highest BCUT2D eigenvalue weighted by Crippen LogP contribution is 2.48. The van der Waals surface area contributed by atoms with Gasteiger partial charge in [0.1, 0.15) is 0 Å². The van der Waals surface area contributed by atoms with Crippen LogP contribution in [0.1, 0.15) is 88.0 Å². The minimum atomic E-state index is -5.04. The van der Waals surface area contributed by atoms with E-state index in [0.29, 0.717) is 24.0 Å². The Balaban J connectivity index is 0.951. The van der Waals surface area contributed by atoms with Crippen molar-refractivity contribution in [2.24, 2.45) is 29.6 Å². The van der Waals surface area contributed by atoms with Crippen LogP contribution in [-0.4, -0.2) is 72.7 Å². The Morgan fingerprint density at radius 2 is 1.10 bits per heavy atom. The lowest BCUT2D eigenvalue weighted by Crippen LogP contribution is -2.43. The highest BCUT2D eigenvalue weighted by atomic mass is 32.2. The summed E-state index contributed by atoms with van der Waals surface area (Å²) in [7, 11) is -7.39. The largest absolute Gasteiger partial charge is 0.421 e. The van der Waals surface area contributed by atoms with Gasteiger partial charge in [0.25, 0.3) is 0 Å². The maximum atomic E-state index is 14.4. The summed E-state index contributed by atoms with van der Waals surface area (Å²) in [6.45, 7) is 4.85. The molecule has 2 aromatic heterocycles. The van der Waals surface area contributed by atoms with E-state index >= 15 is 0 Å². The summed E-state index contributed by atoms with van der Waals surface area (Å²) in [5.41, 5.74) is -5.87. The number of sulfone groups is 2. The number of nitrogens with zero attached hydrogens (tertiary/aromatic N) is 2. The Morgan fingerprint density at radius 3 is 1.51 bits per heavy atom. The van der Waals surface area contributed by atoms with Crippen LogP contribution in [0.4, 0.5) is 37.7 Å². The van der Waals surface area contributed by atoms with Crippen LogP contribution >= 0.6 is 0 Å². The lowest BCUT2D eigenvalue weighted by molar-refractivity contribution is -0.272. The molecule has 4 N–H and O–H groups in total. The lowest BCUT2D eigenvalue weighted by Gasteiger charge is -2.32. The first kappa shape index (κ1) is 51.5. The molecule has 20 heteroatoms. The van der Waals surface area contributed by atoms with E-state index in [2.05, 4.69) is 20.6 Å². The van der Waals surface area contributed by atoms with Crippen LogP contribution in [0.5, 0.6) is 0 Å². The molecule has 2 aliphatic carbocycles. The molecule has 4 aromatic rings. The molecule has 2 saturated carbocycles. The van der Waals surface area contributed by atoms with Gasteiger partial charge in [0, 0.05) is 23.8 Å². The van der Waals surface area contributed by atoms with Gasteiger partial charge in [0.05, 0.1) is 24.3 Å². The smallest absolute Gasteiger partial charge is 0.376 e. The van der Waals surface area contributed by atoms with Gasteiger partial charge in [-0.25, -0.2) is 26.8 Å². The van der Waals surface area contributed by atoms with Crippen LogP contribution in [-0.2, 0) is 53.3 Å². The van der Waals surface area contributed by atoms with Crippen molar-refractivity contribution >= 4 is 42.9 Å². The Morgan fingerprint density at radius 1 is 0.657 bits per heavy atom. The van der Waals surface area contributed by atoms with Crippen LogP contribution in [0.3, 0.4) is 0 Å². The summed E-state index contributed by atoms with van der Waals surface area (Å²) < 4.78 is 136. The molecule has 67 heavy (non-hydrogen) atoms. The third kappa shape index (κ3) is 13.2.